The standard InChI is InChI=1S/C17H12ClN3O5/c1-10-6-7-11(8-14(10)21(23)24)17(22)25-9-15-19-16(20-26-15)12-4-2-3-5-13(12)18/h2-8H,9H2,1H3. The monoisotopic (exact) mass is 373 g/mol. The molecule has 26 heavy (non-hydrogen) atoms. The molecule has 0 radical (unpaired) electrons. The van der Waals surface area contributed by atoms with E-state index in [0.717, 1.165) is 0 Å². The number of nitro groups is 1. The van der Waals surface area contributed by atoms with E-state index in [1.165, 1.54) is 18.2 Å². The molecule has 0 saturated heterocycles. The summed E-state index contributed by atoms with van der Waals surface area (Å²) >= 11 is 6.07. The molecular weight excluding hydrogens is 362 g/mol. The molecule has 3 aromatic rings. The number of carbonyl (C=O) groups excluding carboxylic acids is 1. The lowest BCUT2D eigenvalue weighted by molar-refractivity contribution is -0.385. The smallest absolute Gasteiger partial charge is 0.338 e. The van der Waals surface area contributed by atoms with Crippen LogP contribution in [0, 0.1) is 17.0 Å². The van der Waals surface area contributed by atoms with Gasteiger partial charge >= 0.3 is 5.97 Å². The second kappa shape index (κ2) is 7.32. The molecule has 0 unspecified atom stereocenters. The van der Waals surface area contributed by atoms with Gasteiger partial charge in [0.05, 0.1) is 15.5 Å². The maximum absolute atomic E-state index is 12.1. The molecule has 0 saturated carbocycles. The van der Waals surface area contributed by atoms with Crippen molar-refractivity contribution >= 4 is 23.3 Å². The van der Waals surface area contributed by atoms with Crippen molar-refractivity contribution in [3.63, 3.8) is 0 Å². The fourth-order valence-corrected chi connectivity index (χ4v) is 2.43. The number of hydrogen-bond acceptors (Lipinski definition) is 7. The van der Waals surface area contributed by atoms with Crippen LogP contribution in [0.3, 0.4) is 0 Å². The van der Waals surface area contributed by atoms with Crippen LogP contribution in [-0.4, -0.2) is 21.0 Å². The summed E-state index contributed by atoms with van der Waals surface area (Å²) in [6.07, 6.45) is 0. The van der Waals surface area contributed by atoms with E-state index in [4.69, 9.17) is 20.9 Å². The minimum Gasteiger partial charge on any atom is -0.452 e. The first kappa shape index (κ1) is 17.6. The van der Waals surface area contributed by atoms with E-state index in [-0.39, 0.29) is 29.6 Å². The number of ether oxygens (including phenoxy) is 1. The maximum atomic E-state index is 12.1. The number of benzene rings is 2. The summed E-state index contributed by atoms with van der Waals surface area (Å²) in [5.74, 6) is -0.381. The van der Waals surface area contributed by atoms with Crippen LogP contribution >= 0.6 is 11.6 Å². The molecule has 0 aliphatic rings. The Bertz CT molecular complexity index is 986. The van der Waals surface area contributed by atoms with Crippen LogP contribution in [0.2, 0.25) is 5.02 Å². The Labute approximate surface area is 152 Å². The number of aromatic nitrogens is 2. The first-order valence-electron chi connectivity index (χ1n) is 7.45. The largest absolute Gasteiger partial charge is 0.452 e. The van der Waals surface area contributed by atoms with Gasteiger partial charge in [0.15, 0.2) is 6.61 Å². The second-order valence-electron chi connectivity index (χ2n) is 5.33. The average Bonchev–Trinajstić information content (AvgIpc) is 3.09. The van der Waals surface area contributed by atoms with Gasteiger partial charge in [-0.25, -0.2) is 4.79 Å². The Hall–Kier alpha value is -3.26. The fourth-order valence-electron chi connectivity index (χ4n) is 2.21. The van der Waals surface area contributed by atoms with E-state index in [0.29, 0.717) is 16.1 Å². The third kappa shape index (κ3) is 3.70. The topological polar surface area (TPSA) is 108 Å². The molecule has 0 amide bonds. The summed E-state index contributed by atoms with van der Waals surface area (Å²) in [4.78, 5) is 26.6. The molecule has 0 aliphatic carbocycles. The van der Waals surface area contributed by atoms with Crippen molar-refractivity contribution in [2.45, 2.75) is 13.5 Å². The van der Waals surface area contributed by atoms with Crippen molar-refractivity contribution in [1.29, 1.82) is 0 Å². The van der Waals surface area contributed by atoms with Crippen molar-refractivity contribution in [3.8, 4) is 11.4 Å². The summed E-state index contributed by atoms with van der Waals surface area (Å²) in [7, 11) is 0. The van der Waals surface area contributed by atoms with E-state index in [9.17, 15) is 14.9 Å². The number of carbonyl (C=O) groups is 1. The Balaban J connectivity index is 1.70. The Kier molecular flexibility index (Phi) is 4.94. The van der Waals surface area contributed by atoms with Crippen molar-refractivity contribution in [2.24, 2.45) is 0 Å². The van der Waals surface area contributed by atoms with Crippen LogP contribution in [0.5, 0.6) is 0 Å². The third-order valence-corrected chi connectivity index (χ3v) is 3.88. The zero-order chi connectivity index (χ0) is 18.7. The third-order valence-electron chi connectivity index (χ3n) is 3.55. The van der Waals surface area contributed by atoms with Crippen LogP contribution in [-0.2, 0) is 11.3 Å². The maximum Gasteiger partial charge on any atom is 0.338 e. The lowest BCUT2D eigenvalue weighted by Gasteiger charge is -2.03. The number of rotatable bonds is 5. The summed E-state index contributed by atoms with van der Waals surface area (Å²) < 4.78 is 10.1. The van der Waals surface area contributed by atoms with Crippen molar-refractivity contribution < 1.29 is 19.0 Å². The van der Waals surface area contributed by atoms with Crippen LogP contribution < -0.4 is 0 Å². The molecule has 0 fully saturated rings. The predicted molar refractivity (Wildman–Crippen MR) is 91.7 cm³/mol. The average molecular weight is 374 g/mol. The van der Waals surface area contributed by atoms with Gasteiger partial charge < -0.3 is 9.26 Å². The van der Waals surface area contributed by atoms with Gasteiger partial charge in [-0.15, -0.1) is 0 Å². The quantitative estimate of drug-likeness (QED) is 0.378. The Morgan fingerprint density at radius 3 is 2.81 bits per heavy atom. The first-order chi connectivity index (χ1) is 12.5. The lowest BCUT2D eigenvalue weighted by atomic mass is 10.1. The highest BCUT2D eigenvalue weighted by Gasteiger charge is 2.17. The lowest BCUT2D eigenvalue weighted by Crippen LogP contribution is -2.06. The fraction of sp³-hybridized carbons (Fsp3) is 0.118. The van der Waals surface area contributed by atoms with Gasteiger partial charge in [-0.3, -0.25) is 10.1 Å². The molecule has 0 atom stereocenters. The molecule has 8 nitrogen and oxygen atoms in total. The van der Waals surface area contributed by atoms with Crippen LogP contribution in [0.15, 0.2) is 47.0 Å². The number of esters is 1. The van der Waals surface area contributed by atoms with E-state index in [1.807, 2.05) is 0 Å². The van der Waals surface area contributed by atoms with Gasteiger partial charge in [0, 0.05) is 17.2 Å². The number of hydrogen-bond donors (Lipinski definition) is 0. The van der Waals surface area contributed by atoms with Crippen molar-refractivity contribution in [2.75, 3.05) is 0 Å². The van der Waals surface area contributed by atoms with Crippen LogP contribution in [0.25, 0.3) is 11.4 Å². The SMILES string of the molecule is Cc1ccc(C(=O)OCc2nc(-c3ccccc3Cl)no2)cc1[N+](=O)[O-]. The highest BCUT2D eigenvalue weighted by Crippen LogP contribution is 2.25. The number of halogens is 1. The molecule has 0 spiro atoms. The summed E-state index contributed by atoms with van der Waals surface area (Å²) in [5, 5.41) is 15.2. The van der Waals surface area contributed by atoms with Crippen molar-refractivity contribution in [1.82, 2.24) is 10.1 Å². The zero-order valence-electron chi connectivity index (χ0n) is 13.5. The normalized spacial score (nSPS) is 10.5. The molecule has 3 rings (SSSR count). The van der Waals surface area contributed by atoms with E-state index in [2.05, 4.69) is 10.1 Å². The van der Waals surface area contributed by atoms with E-state index < -0.39 is 10.9 Å². The van der Waals surface area contributed by atoms with Gasteiger partial charge in [0.2, 0.25) is 5.82 Å². The molecule has 0 aliphatic heterocycles. The molecule has 9 heteroatoms. The molecule has 1 aromatic heterocycles. The number of aryl methyl sites for hydroxylation is 1. The predicted octanol–water partition coefficient (Wildman–Crippen LogP) is 3.96. The number of nitrogens with zero attached hydrogens (tertiary/aromatic N) is 3. The highest BCUT2D eigenvalue weighted by molar-refractivity contribution is 6.33. The van der Waals surface area contributed by atoms with Gasteiger partial charge in [0.1, 0.15) is 0 Å². The minimum absolute atomic E-state index is 0.0631. The highest BCUT2D eigenvalue weighted by atomic mass is 35.5. The summed E-state index contributed by atoms with van der Waals surface area (Å²) in [6.45, 7) is 1.32. The van der Waals surface area contributed by atoms with Crippen LogP contribution in [0.4, 0.5) is 5.69 Å². The van der Waals surface area contributed by atoms with Gasteiger partial charge in [-0.1, -0.05) is 35.0 Å². The Morgan fingerprint density at radius 2 is 2.08 bits per heavy atom. The Morgan fingerprint density at radius 1 is 1.31 bits per heavy atom. The molecule has 1 heterocycles. The molecule has 132 valence electrons. The second-order valence-corrected chi connectivity index (χ2v) is 5.73. The molecular formula is C17H12ClN3O5. The van der Waals surface area contributed by atoms with E-state index >= 15 is 0 Å². The molecule has 0 bridgehead atoms. The first-order valence-corrected chi connectivity index (χ1v) is 7.83. The summed E-state index contributed by atoms with van der Waals surface area (Å²) in [5.41, 5.74) is 0.948. The zero-order valence-corrected chi connectivity index (χ0v) is 14.3. The molecule has 2 aromatic carbocycles. The van der Waals surface area contributed by atoms with Gasteiger partial charge in [-0.2, -0.15) is 4.98 Å². The van der Waals surface area contributed by atoms with Gasteiger partial charge in [0.25, 0.3) is 11.6 Å². The van der Waals surface area contributed by atoms with Crippen LogP contribution in [0.1, 0.15) is 21.8 Å². The van der Waals surface area contributed by atoms with E-state index in [1.54, 1.807) is 31.2 Å². The molecule has 0 N–H and O–H groups in total. The van der Waals surface area contributed by atoms with Crippen molar-refractivity contribution in [3.05, 3.63) is 74.6 Å². The number of nitro benzene ring substituents is 1. The summed E-state index contributed by atoms with van der Waals surface area (Å²) in [6, 6.07) is 11.1. The van der Waals surface area contributed by atoms with Gasteiger partial charge in [-0.05, 0) is 25.1 Å². The minimum atomic E-state index is -0.731.